The van der Waals surface area contributed by atoms with Gasteiger partial charge in [-0.2, -0.15) is 13.2 Å². The van der Waals surface area contributed by atoms with Gasteiger partial charge in [-0.1, -0.05) is 30.3 Å². The standard InChI is InChI=1S/C16H14F3N5/c17-16(18,19)15-22-13-12(20-9-21-13)14(23-15)24(11-6-7-11)8-10-4-2-1-3-5-10/h1-5,9,11H,6-8H2,(H,20,21,22,23). The highest BCUT2D eigenvalue weighted by Gasteiger charge is 2.38. The van der Waals surface area contributed by atoms with Gasteiger partial charge < -0.3 is 9.88 Å². The molecule has 8 heteroatoms. The summed E-state index contributed by atoms with van der Waals surface area (Å²) in [5.41, 5.74) is 1.49. The van der Waals surface area contributed by atoms with Crippen molar-refractivity contribution in [2.75, 3.05) is 4.90 Å². The van der Waals surface area contributed by atoms with Crippen LogP contribution in [0.2, 0.25) is 0 Å². The zero-order valence-electron chi connectivity index (χ0n) is 12.6. The predicted molar refractivity (Wildman–Crippen MR) is 82.3 cm³/mol. The lowest BCUT2D eigenvalue weighted by Crippen LogP contribution is -2.27. The van der Waals surface area contributed by atoms with Crippen molar-refractivity contribution in [3.63, 3.8) is 0 Å². The first-order valence-corrected chi connectivity index (χ1v) is 7.61. The second-order valence-electron chi connectivity index (χ2n) is 5.81. The lowest BCUT2D eigenvalue weighted by Gasteiger charge is -2.24. The maximum atomic E-state index is 13.1. The third-order valence-corrected chi connectivity index (χ3v) is 3.98. The van der Waals surface area contributed by atoms with Crippen LogP contribution in [0.4, 0.5) is 19.0 Å². The van der Waals surface area contributed by atoms with Crippen molar-refractivity contribution in [3.8, 4) is 0 Å². The fourth-order valence-corrected chi connectivity index (χ4v) is 2.70. The fraction of sp³-hybridized carbons (Fsp3) is 0.312. The van der Waals surface area contributed by atoms with Gasteiger partial charge in [-0.05, 0) is 18.4 Å². The molecule has 24 heavy (non-hydrogen) atoms. The lowest BCUT2D eigenvalue weighted by atomic mass is 10.2. The number of hydrogen-bond acceptors (Lipinski definition) is 4. The van der Waals surface area contributed by atoms with Crippen LogP contribution in [0, 0.1) is 0 Å². The molecule has 1 aliphatic rings. The Kier molecular flexibility index (Phi) is 3.40. The summed E-state index contributed by atoms with van der Waals surface area (Å²) < 4.78 is 39.4. The van der Waals surface area contributed by atoms with Crippen LogP contribution in [0.3, 0.4) is 0 Å². The van der Waals surface area contributed by atoms with Crippen LogP contribution in [0.5, 0.6) is 0 Å². The van der Waals surface area contributed by atoms with E-state index < -0.39 is 12.0 Å². The Balaban J connectivity index is 1.81. The molecule has 0 atom stereocenters. The van der Waals surface area contributed by atoms with E-state index in [-0.39, 0.29) is 17.5 Å². The first-order valence-electron chi connectivity index (χ1n) is 7.61. The van der Waals surface area contributed by atoms with Crippen LogP contribution in [0.15, 0.2) is 36.7 Å². The van der Waals surface area contributed by atoms with Gasteiger partial charge in [0.05, 0.1) is 6.33 Å². The van der Waals surface area contributed by atoms with Crippen LogP contribution >= 0.6 is 0 Å². The first-order chi connectivity index (χ1) is 11.5. The van der Waals surface area contributed by atoms with E-state index in [1.54, 1.807) is 0 Å². The van der Waals surface area contributed by atoms with E-state index in [4.69, 9.17) is 0 Å². The quantitative estimate of drug-likeness (QED) is 0.793. The largest absolute Gasteiger partial charge is 0.451 e. The molecule has 0 aliphatic heterocycles. The van der Waals surface area contributed by atoms with Gasteiger partial charge >= 0.3 is 6.18 Å². The van der Waals surface area contributed by atoms with Gasteiger partial charge in [0.15, 0.2) is 11.5 Å². The molecule has 0 saturated heterocycles. The smallest absolute Gasteiger partial charge is 0.347 e. The molecule has 5 nitrogen and oxygen atoms in total. The molecule has 1 fully saturated rings. The zero-order chi connectivity index (χ0) is 16.7. The maximum absolute atomic E-state index is 13.1. The van der Waals surface area contributed by atoms with Gasteiger partial charge in [-0.15, -0.1) is 0 Å². The number of alkyl halides is 3. The lowest BCUT2D eigenvalue weighted by molar-refractivity contribution is -0.144. The number of nitrogens with zero attached hydrogens (tertiary/aromatic N) is 4. The molecule has 1 N–H and O–H groups in total. The summed E-state index contributed by atoms with van der Waals surface area (Å²) in [7, 11) is 0. The van der Waals surface area contributed by atoms with Crippen LogP contribution in [-0.4, -0.2) is 26.0 Å². The topological polar surface area (TPSA) is 57.7 Å². The SMILES string of the molecule is FC(F)(F)c1nc(N(Cc2ccccc2)C2CC2)c2[nH]cnc2n1. The summed E-state index contributed by atoms with van der Waals surface area (Å²) in [6.07, 6.45) is -1.39. The zero-order valence-corrected chi connectivity index (χ0v) is 12.6. The normalized spacial score (nSPS) is 15.0. The highest BCUT2D eigenvalue weighted by atomic mass is 19.4. The number of nitrogens with one attached hydrogen (secondary N) is 1. The van der Waals surface area contributed by atoms with E-state index >= 15 is 0 Å². The molecule has 2 heterocycles. The molecule has 1 aliphatic carbocycles. The Bertz CT molecular complexity index is 855. The number of halogens is 3. The van der Waals surface area contributed by atoms with Gasteiger partial charge in [-0.3, -0.25) is 0 Å². The van der Waals surface area contributed by atoms with E-state index in [1.165, 1.54) is 6.33 Å². The Morgan fingerprint density at radius 3 is 2.54 bits per heavy atom. The van der Waals surface area contributed by atoms with Crippen molar-refractivity contribution in [1.82, 2.24) is 19.9 Å². The van der Waals surface area contributed by atoms with Crippen molar-refractivity contribution in [2.45, 2.75) is 31.6 Å². The van der Waals surface area contributed by atoms with Crippen molar-refractivity contribution < 1.29 is 13.2 Å². The third-order valence-electron chi connectivity index (χ3n) is 3.98. The summed E-state index contributed by atoms with van der Waals surface area (Å²) in [6, 6.07) is 9.81. The number of H-pyrrole nitrogens is 1. The van der Waals surface area contributed by atoms with Crippen molar-refractivity contribution in [3.05, 3.63) is 48.0 Å². The molecule has 2 aromatic heterocycles. The van der Waals surface area contributed by atoms with Gasteiger partial charge in [0, 0.05) is 12.6 Å². The number of aromatic amines is 1. The number of fused-ring (bicyclic) bond motifs is 1. The number of imidazole rings is 1. The fourth-order valence-electron chi connectivity index (χ4n) is 2.70. The van der Waals surface area contributed by atoms with E-state index in [1.807, 2.05) is 35.2 Å². The second-order valence-corrected chi connectivity index (χ2v) is 5.81. The van der Waals surface area contributed by atoms with Crippen LogP contribution in [0.1, 0.15) is 24.2 Å². The number of anilines is 1. The van der Waals surface area contributed by atoms with Gasteiger partial charge in [0.25, 0.3) is 0 Å². The monoisotopic (exact) mass is 333 g/mol. The molecular formula is C16H14F3N5. The van der Waals surface area contributed by atoms with Crippen LogP contribution in [0.25, 0.3) is 11.2 Å². The second kappa shape index (κ2) is 5.47. The average molecular weight is 333 g/mol. The molecule has 0 unspecified atom stereocenters. The highest BCUT2D eigenvalue weighted by Crippen LogP contribution is 2.36. The van der Waals surface area contributed by atoms with E-state index in [9.17, 15) is 13.2 Å². The van der Waals surface area contributed by atoms with Crippen molar-refractivity contribution in [2.24, 2.45) is 0 Å². The minimum atomic E-state index is -4.61. The molecule has 0 spiro atoms. The Labute approximate surface area is 135 Å². The van der Waals surface area contributed by atoms with E-state index in [0.717, 1.165) is 18.4 Å². The molecular weight excluding hydrogens is 319 g/mol. The maximum Gasteiger partial charge on any atom is 0.451 e. The predicted octanol–water partition coefficient (Wildman–Crippen LogP) is 3.54. The molecule has 124 valence electrons. The molecule has 1 saturated carbocycles. The minimum absolute atomic E-state index is 0.0334. The molecule has 0 radical (unpaired) electrons. The highest BCUT2D eigenvalue weighted by molar-refractivity contribution is 5.83. The number of aromatic nitrogens is 4. The Morgan fingerprint density at radius 1 is 1.12 bits per heavy atom. The molecule has 1 aromatic carbocycles. The average Bonchev–Trinajstić information content (AvgIpc) is 3.28. The van der Waals surface area contributed by atoms with Gasteiger partial charge in [-0.25, -0.2) is 15.0 Å². The van der Waals surface area contributed by atoms with Gasteiger partial charge in [0.2, 0.25) is 5.82 Å². The Morgan fingerprint density at radius 2 is 1.88 bits per heavy atom. The number of hydrogen-bond donors (Lipinski definition) is 1. The molecule has 0 bridgehead atoms. The van der Waals surface area contributed by atoms with Crippen molar-refractivity contribution >= 4 is 17.0 Å². The molecule has 0 amide bonds. The summed E-state index contributed by atoms with van der Waals surface area (Å²) in [4.78, 5) is 16.0. The van der Waals surface area contributed by atoms with Crippen molar-refractivity contribution in [1.29, 1.82) is 0 Å². The molecule has 4 rings (SSSR count). The molecule has 3 aromatic rings. The van der Waals surface area contributed by atoms with Crippen LogP contribution < -0.4 is 4.90 Å². The van der Waals surface area contributed by atoms with Crippen LogP contribution in [-0.2, 0) is 12.7 Å². The summed E-state index contributed by atoms with van der Waals surface area (Å²) in [6.45, 7) is 0.494. The summed E-state index contributed by atoms with van der Waals surface area (Å²) in [5.74, 6) is -0.896. The third kappa shape index (κ3) is 2.79. The van der Waals surface area contributed by atoms with E-state index in [0.29, 0.717) is 12.1 Å². The Hall–Kier alpha value is -2.64. The summed E-state index contributed by atoms with van der Waals surface area (Å²) in [5, 5.41) is 0. The van der Waals surface area contributed by atoms with Gasteiger partial charge in [0.1, 0.15) is 5.52 Å². The minimum Gasteiger partial charge on any atom is -0.347 e. The number of benzene rings is 1. The summed E-state index contributed by atoms with van der Waals surface area (Å²) >= 11 is 0. The number of rotatable bonds is 4. The first kappa shape index (κ1) is 14.9. The van der Waals surface area contributed by atoms with E-state index in [2.05, 4.69) is 19.9 Å².